The van der Waals surface area contributed by atoms with E-state index in [0.29, 0.717) is 11.8 Å². The number of hydrogen-bond donors (Lipinski definition) is 1. The van der Waals surface area contributed by atoms with Crippen LogP contribution in [-0.2, 0) is 4.79 Å². The molecule has 1 saturated heterocycles. The summed E-state index contributed by atoms with van der Waals surface area (Å²) < 4.78 is 0. The van der Waals surface area contributed by atoms with Gasteiger partial charge >= 0.3 is 0 Å². The van der Waals surface area contributed by atoms with Gasteiger partial charge in [-0.3, -0.25) is 4.79 Å². The van der Waals surface area contributed by atoms with E-state index in [9.17, 15) is 4.79 Å². The van der Waals surface area contributed by atoms with Gasteiger partial charge in [-0.1, -0.05) is 6.92 Å². The summed E-state index contributed by atoms with van der Waals surface area (Å²) in [6, 6.07) is 0. The highest BCUT2D eigenvalue weighted by Gasteiger charge is 2.37. The molecule has 1 heterocycles. The molecule has 3 nitrogen and oxygen atoms in total. The Balaban J connectivity index is 1.94. The number of rotatable bonds is 2. The maximum absolute atomic E-state index is 12.2. The molecule has 1 aliphatic carbocycles. The number of nitrogens with one attached hydrogen (secondary N) is 1. The summed E-state index contributed by atoms with van der Waals surface area (Å²) in [5.41, 5.74) is 0.0805. The Morgan fingerprint density at radius 1 is 1.47 bits per heavy atom. The van der Waals surface area contributed by atoms with Gasteiger partial charge in [-0.2, -0.15) is 0 Å². The molecule has 1 N–H and O–H groups in total. The summed E-state index contributed by atoms with van der Waals surface area (Å²) in [6.45, 7) is 9.07. The van der Waals surface area contributed by atoms with Crippen molar-refractivity contribution < 1.29 is 4.79 Å². The van der Waals surface area contributed by atoms with Gasteiger partial charge in [0.05, 0.1) is 0 Å². The van der Waals surface area contributed by atoms with Gasteiger partial charge in [0.25, 0.3) is 0 Å². The zero-order valence-corrected chi connectivity index (χ0v) is 10.0. The van der Waals surface area contributed by atoms with Gasteiger partial charge in [-0.15, -0.1) is 0 Å². The van der Waals surface area contributed by atoms with Gasteiger partial charge < -0.3 is 10.2 Å². The van der Waals surface area contributed by atoms with Crippen LogP contribution in [0.5, 0.6) is 0 Å². The van der Waals surface area contributed by atoms with Crippen LogP contribution in [-0.4, -0.2) is 36.0 Å². The van der Waals surface area contributed by atoms with Crippen LogP contribution < -0.4 is 5.32 Å². The zero-order valence-electron chi connectivity index (χ0n) is 10.0. The lowest BCUT2D eigenvalue weighted by atomic mass is 9.99. The fraction of sp³-hybridized carbons (Fsp3) is 0.917. The van der Waals surface area contributed by atoms with Crippen molar-refractivity contribution in [1.82, 2.24) is 10.2 Å². The highest BCUT2D eigenvalue weighted by Crippen LogP contribution is 2.37. The maximum Gasteiger partial charge on any atom is 0.225 e. The van der Waals surface area contributed by atoms with E-state index < -0.39 is 0 Å². The maximum atomic E-state index is 12.2. The second kappa shape index (κ2) is 3.78. The molecule has 1 atom stereocenters. The van der Waals surface area contributed by atoms with Crippen LogP contribution in [0.4, 0.5) is 0 Å². The Bertz CT molecular complexity index is 258. The van der Waals surface area contributed by atoms with E-state index in [1.54, 1.807) is 0 Å². The number of carbonyl (C=O) groups excluding carboxylic acids is 1. The van der Waals surface area contributed by atoms with E-state index in [2.05, 4.69) is 26.1 Å². The molecule has 15 heavy (non-hydrogen) atoms. The lowest BCUT2D eigenvalue weighted by molar-refractivity contribution is -0.137. The monoisotopic (exact) mass is 210 g/mol. The average Bonchev–Trinajstić information content (AvgIpc) is 2.97. The Morgan fingerprint density at radius 3 is 2.67 bits per heavy atom. The van der Waals surface area contributed by atoms with Crippen LogP contribution in [0.25, 0.3) is 0 Å². The molecule has 0 radical (unpaired) electrons. The summed E-state index contributed by atoms with van der Waals surface area (Å²) in [6.07, 6.45) is 2.50. The molecule has 2 rings (SSSR count). The van der Waals surface area contributed by atoms with Crippen molar-refractivity contribution in [3.63, 3.8) is 0 Å². The van der Waals surface area contributed by atoms with Gasteiger partial charge in [0.2, 0.25) is 5.91 Å². The van der Waals surface area contributed by atoms with E-state index in [1.807, 2.05) is 4.90 Å². The number of piperazine rings is 1. The van der Waals surface area contributed by atoms with E-state index in [-0.39, 0.29) is 11.5 Å². The average molecular weight is 210 g/mol. The van der Waals surface area contributed by atoms with Gasteiger partial charge in [0.1, 0.15) is 0 Å². The number of nitrogens with zero attached hydrogens (tertiary/aromatic N) is 1. The summed E-state index contributed by atoms with van der Waals surface area (Å²) >= 11 is 0. The quantitative estimate of drug-likeness (QED) is 0.744. The molecule has 1 saturated carbocycles. The number of hydrogen-bond acceptors (Lipinski definition) is 2. The number of amides is 1. The fourth-order valence-electron chi connectivity index (χ4n) is 2.42. The van der Waals surface area contributed by atoms with Crippen molar-refractivity contribution in [2.45, 2.75) is 39.2 Å². The predicted molar refractivity (Wildman–Crippen MR) is 60.5 cm³/mol. The van der Waals surface area contributed by atoms with E-state index in [4.69, 9.17) is 0 Å². The van der Waals surface area contributed by atoms with Gasteiger partial charge in [0.15, 0.2) is 0 Å². The third-order valence-electron chi connectivity index (χ3n) is 3.60. The Labute approximate surface area is 92.2 Å². The first kappa shape index (κ1) is 10.9. The van der Waals surface area contributed by atoms with Crippen LogP contribution in [0, 0.1) is 11.8 Å². The third-order valence-corrected chi connectivity index (χ3v) is 3.60. The van der Waals surface area contributed by atoms with Crippen LogP contribution in [0.3, 0.4) is 0 Å². The Hall–Kier alpha value is -0.570. The summed E-state index contributed by atoms with van der Waals surface area (Å²) in [4.78, 5) is 14.2. The predicted octanol–water partition coefficient (Wildman–Crippen LogP) is 1.24. The lowest BCUT2D eigenvalue weighted by Crippen LogP contribution is -2.59. The van der Waals surface area contributed by atoms with Gasteiger partial charge in [-0.25, -0.2) is 0 Å². The van der Waals surface area contributed by atoms with Crippen molar-refractivity contribution >= 4 is 5.91 Å². The summed E-state index contributed by atoms with van der Waals surface area (Å²) in [5, 5.41) is 3.43. The smallest absolute Gasteiger partial charge is 0.225 e. The minimum atomic E-state index is 0.0805. The highest BCUT2D eigenvalue weighted by atomic mass is 16.2. The third kappa shape index (κ3) is 2.51. The van der Waals surface area contributed by atoms with E-state index >= 15 is 0 Å². The largest absolute Gasteiger partial charge is 0.339 e. The van der Waals surface area contributed by atoms with E-state index in [1.165, 1.54) is 12.8 Å². The molecular formula is C12H22N2O. The molecule has 0 spiro atoms. The summed E-state index contributed by atoms with van der Waals surface area (Å²) in [5.74, 6) is 1.29. The Morgan fingerprint density at radius 2 is 2.13 bits per heavy atom. The molecule has 0 aromatic heterocycles. The number of carbonyl (C=O) groups is 1. The zero-order chi connectivity index (χ0) is 11.1. The normalized spacial score (nSPS) is 27.5. The topological polar surface area (TPSA) is 32.3 Å². The van der Waals surface area contributed by atoms with E-state index in [0.717, 1.165) is 19.6 Å². The van der Waals surface area contributed by atoms with Crippen molar-refractivity contribution in [2.75, 3.05) is 19.6 Å². The van der Waals surface area contributed by atoms with Gasteiger partial charge in [-0.05, 0) is 32.6 Å². The molecule has 0 aromatic carbocycles. The molecule has 1 unspecified atom stereocenters. The fourth-order valence-corrected chi connectivity index (χ4v) is 2.42. The first-order valence-corrected chi connectivity index (χ1v) is 6.03. The molecule has 3 heteroatoms. The lowest BCUT2D eigenvalue weighted by Gasteiger charge is -2.40. The Kier molecular flexibility index (Phi) is 2.75. The molecule has 1 aliphatic heterocycles. The first-order chi connectivity index (χ1) is 6.99. The molecule has 0 aromatic rings. The van der Waals surface area contributed by atoms with Crippen LogP contribution in [0.1, 0.15) is 33.6 Å². The second-order valence-electron chi connectivity index (χ2n) is 5.70. The first-order valence-electron chi connectivity index (χ1n) is 6.03. The minimum absolute atomic E-state index is 0.0805. The van der Waals surface area contributed by atoms with Crippen molar-refractivity contribution in [1.29, 1.82) is 0 Å². The van der Waals surface area contributed by atoms with Gasteiger partial charge in [0, 0.05) is 31.1 Å². The van der Waals surface area contributed by atoms with Crippen molar-refractivity contribution in [3.05, 3.63) is 0 Å². The minimum Gasteiger partial charge on any atom is -0.339 e. The van der Waals surface area contributed by atoms with Crippen molar-refractivity contribution in [2.24, 2.45) is 11.8 Å². The summed E-state index contributed by atoms with van der Waals surface area (Å²) in [7, 11) is 0. The molecule has 86 valence electrons. The van der Waals surface area contributed by atoms with Crippen molar-refractivity contribution in [3.8, 4) is 0 Å². The molecular weight excluding hydrogens is 188 g/mol. The SMILES string of the molecule is CC(C(=O)N1CCNC(C)(C)C1)C1CC1. The molecule has 2 fully saturated rings. The second-order valence-corrected chi connectivity index (χ2v) is 5.70. The highest BCUT2D eigenvalue weighted by molar-refractivity contribution is 5.79. The van der Waals surface area contributed by atoms with Crippen LogP contribution in [0.15, 0.2) is 0 Å². The van der Waals surface area contributed by atoms with Crippen LogP contribution in [0.2, 0.25) is 0 Å². The van der Waals surface area contributed by atoms with Crippen LogP contribution >= 0.6 is 0 Å². The molecule has 0 bridgehead atoms. The molecule has 2 aliphatic rings. The molecule has 1 amide bonds. The standard InChI is InChI=1S/C12H22N2O/c1-9(10-4-5-10)11(15)14-7-6-13-12(2,3)8-14/h9-10,13H,4-8H2,1-3H3.